The van der Waals surface area contributed by atoms with Crippen LogP contribution < -0.4 is 11.1 Å². The van der Waals surface area contributed by atoms with Crippen molar-refractivity contribution in [3.05, 3.63) is 33.9 Å². The number of carbonyl (C=O) groups is 1. The molecule has 0 spiro atoms. The van der Waals surface area contributed by atoms with Crippen molar-refractivity contribution in [1.82, 2.24) is 5.32 Å². The molecule has 6 heteroatoms. The average Bonchev–Trinajstić information content (AvgIpc) is 2.35. The first-order valence-electron chi connectivity index (χ1n) is 5.84. The van der Waals surface area contributed by atoms with Gasteiger partial charge < -0.3 is 11.1 Å². The van der Waals surface area contributed by atoms with E-state index in [1.54, 1.807) is 0 Å². The number of hydrogen-bond donors (Lipinski definition) is 2. The van der Waals surface area contributed by atoms with Gasteiger partial charge in [-0.3, -0.25) is 14.9 Å². The number of nitrogens with two attached hydrogens (primary N) is 1. The van der Waals surface area contributed by atoms with Crippen LogP contribution in [0.5, 0.6) is 0 Å². The third-order valence-corrected chi connectivity index (χ3v) is 2.81. The molecule has 98 valence electrons. The van der Waals surface area contributed by atoms with Gasteiger partial charge >= 0.3 is 0 Å². The van der Waals surface area contributed by atoms with Gasteiger partial charge in [-0.2, -0.15) is 0 Å². The molecule has 1 aromatic rings. The van der Waals surface area contributed by atoms with Gasteiger partial charge in [-0.05, 0) is 25.0 Å². The normalized spacial score (nSPS) is 10.4. The molecule has 18 heavy (non-hydrogen) atoms. The van der Waals surface area contributed by atoms with E-state index in [-0.39, 0.29) is 28.9 Å². The Morgan fingerprint density at radius 2 is 2.06 bits per heavy atom. The molecule has 0 unspecified atom stereocenters. The maximum atomic E-state index is 11.9. The minimum absolute atomic E-state index is 0.0547. The number of nitrogens with one attached hydrogen (secondary N) is 1. The fourth-order valence-corrected chi connectivity index (χ4v) is 1.60. The molecule has 3 N–H and O–H groups in total. The molecule has 6 nitrogen and oxygen atoms in total. The van der Waals surface area contributed by atoms with E-state index in [4.69, 9.17) is 5.73 Å². The highest BCUT2D eigenvalue weighted by Gasteiger charge is 2.16. The quantitative estimate of drug-likeness (QED) is 0.475. The molecule has 0 aromatic heterocycles. The topological polar surface area (TPSA) is 98.3 Å². The Hall–Kier alpha value is -2.11. The van der Waals surface area contributed by atoms with Crippen LogP contribution in [0.2, 0.25) is 0 Å². The van der Waals surface area contributed by atoms with E-state index in [0.29, 0.717) is 0 Å². The van der Waals surface area contributed by atoms with Crippen molar-refractivity contribution in [3.8, 4) is 0 Å². The van der Waals surface area contributed by atoms with Crippen LogP contribution in [-0.2, 0) is 0 Å². The van der Waals surface area contributed by atoms with Crippen LogP contribution >= 0.6 is 0 Å². The Morgan fingerprint density at radius 3 is 2.56 bits per heavy atom. The number of nitro benzene ring substituents is 1. The summed E-state index contributed by atoms with van der Waals surface area (Å²) >= 11 is 0. The van der Waals surface area contributed by atoms with E-state index < -0.39 is 4.92 Å². The Morgan fingerprint density at radius 1 is 1.44 bits per heavy atom. The molecule has 1 rings (SSSR count). The summed E-state index contributed by atoms with van der Waals surface area (Å²) in [6.45, 7) is 3.94. The van der Waals surface area contributed by atoms with E-state index in [9.17, 15) is 14.9 Å². The third kappa shape index (κ3) is 3.19. The smallest absolute Gasteiger partial charge is 0.292 e. The van der Waals surface area contributed by atoms with Crippen molar-refractivity contribution in [1.29, 1.82) is 0 Å². The van der Waals surface area contributed by atoms with E-state index in [1.807, 2.05) is 13.8 Å². The molecule has 0 heterocycles. The number of nitrogen functional groups attached to an aromatic ring is 1. The van der Waals surface area contributed by atoms with E-state index >= 15 is 0 Å². The summed E-state index contributed by atoms with van der Waals surface area (Å²) < 4.78 is 0. The van der Waals surface area contributed by atoms with Crippen LogP contribution in [0, 0.1) is 10.1 Å². The van der Waals surface area contributed by atoms with Crippen LogP contribution in [0.15, 0.2) is 18.2 Å². The minimum atomic E-state index is -0.594. The molecule has 0 fully saturated rings. The second-order valence-corrected chi connectivity index (χ2v) is 4.02. The second-order valence-electron chi connectivity index (χ2n) is 4.02. The van der Waals surface area contributed by atoms with Crippen molar-refractivity contribution in [3.63, 3.8) is 0 Å². The standard InChI is InChI=1S/C12H17N3O3/c1-3-9(4-2)14-12(16)8-5-6-10(13)11(7-8)15(17)18/h5-7,9H,3-4,13H2,1-2H3,(H,14,16). The van der Waals surface area contributed by atoms with Crippen LogP contribution in [-0.4, -0.2) is 16.9 Å². The minimum Gasteiger partial charge on any atom is -0.393 e. The SMILES string of the molecule is CCC(CC)NC(=O)c1ccc(N)c([N+](=O)[O-])c1. The molecule has 0 saturated carbocycles. The Bertz CT molecular complexity index is 456. The molecule has 0 aliphatic rings. The summed E-state index contributed by atoms with van der Waals surface area (Å²) in [6, 6.07) is 4.14. The second kappa shape index (κ2) is 6.00. The molecule has 1 amide bonds. The first-order valence-corrected chi connectivity index (χ1v) is 5.84. The number of nitro groups is 1. The van der Waals surface area contributed by atoms with Gasteiger partial charge in [0.2, 0.25) is 0 Å². The van der Waals surface area contributed by atoms with E-state index in [2.05, 4.69) is 5.32 Å². The summed E-state index contributed by atoms with van der Waals surface area (Å²) in [5.41, 5.74) is 5.53. The van der Waals surface area contributed by atoms with Gasteiger partial charge in [0, 0.05) is 17.7 Å². The zero-order valence-corrected chi connectivity index (χ0v) is 10.5. The maximum Gasteiger partial charge on any atom is 0.292 e. The monoisotopic (exact) mass is 251 g/mol. The number of anilines is 1. The summed E-state index contributed by atoms with van der Waals surface area (Å²) in [5.74, 6) is -0.313. The van der Waals surface area contributed by atoms with Gasteiger partial charge in [0.05, 0.1) is 4.92 Å². The average molecular weight is 251 g/mol. The molecule has 0 saturated heterocycles. The van der Waals surface area contributed by atoms with Crippen molar-refractivity contribution in [2.45, 2.75) is 32.7 Å². The lowest BCUT2D eigenvalue weighted by Crippen LogP contribution is -2.33. The van der Waals surface area contributed by atoms with E-state index in [0.717, 1.165) is 12.8 Å². The summed E-state index contributed by atoms with van der Waals surface area (Å²) in [6.07, 6.45) is 1.64. The Labute approximate surface area is 105 Å². The third-order valence-electron chi connectivity index (χ3n) is 2.81. The molecule has 0 aliphatic heterocycles. The summed E-state index contributed by atoms with van der Waals surface area (Å²) in [7, 11) is 0. The lowest BCUT2D eigenvalue weighted by atomic mass is 10.1. The van der Waals surface area contributed by atoms with Crippen LogP contribution in [0.4, 0.5) is 11.4 Å². The van der Waals surface area contributed by atoms with Crippen molar-refractivity contribution < 1.29 is 9.72 Å². The zero-order valence-electron chi connectivity index (χ0n) is 10.5. The predicted molar refractivity (Wildman–Crippen MR) is 69.3 cm³/mol. The van der Waals surface area contributed by atoms with Crippen LogP contribution in [0.1, 0.15) is 37.0 Å². The Balaban J connectivity index is 2.93. The highest BCUT2D eigenvalue weighted by atomic mass is 16.6. The van der Waals surface area contributed by atoms with Crippen molar-refractivity contribution in [2.75, 3.05) is 5.73 Å². The molecule has 0 bridgehead atoms. The fourth-order valence-electron chi connectivity index (χ4n) is 1.60. The van der Waals surface area contributed by atoms with Crippen LogP contribution in [0.3, 0.4) is 0 Å². The number of amides is 1. The van der Waals surface area contributed by atoms with Gasteiger partial charge in [-0.15, -0.1) is 0 Å². The highest BCUT2D eigenvalue weighted by Crippen LogP contribution is 2.22. The Kier molecular flexibility index (Phi) is 4.65. The largest absolute Gasteiger partial charge is 0.393 e. The predicted octanol–water partition coefficient (Wildman–Crippen LogP) is 2.10. The molecule has 1 aromatic carbocycles. The van der Waals surface area contributed by atoms with Gasteiger partial charge in [0.25, 0.3) is 11.6 Å². The van der Waals surface area contributed by atoms with Crippen molar-refractivity contribution >= 4 is 17.3 Å². The highest BCUT2D eigenvalue weighted by molar-refractivity contribution is 5.95. The maximum absolute atomic E-state index is 11.9. The number of benzene rings is 1. The lowest BCUT2D eigenvalue weighted by Gasteiger charge is -2.14. The molecule has 0 radical (unpaired) electrons. The number of hydrogen-bond acceptors (Lipinski definition) is 4. The summed E-state index contributed by atoms with van der Waals surface area (Å²) in [4.78, 5) is 22.0. The molecular formula is C12H17N3O3. The lowest BCUT2D eigenvalue weighted by molar-refractivity contribution is -0.383. The molecular weight excluding hydrogens is 234 g/mol. The van der Waals surface area contributed by atoms with Crippen LogP contribution in [0.25, 0.3) is 0 Å². The van der Waals surface area contributed by atoms with Gasteiger partial charge in [0.15, 0.2) is 0 Å². The molecule has 0 aliphatic carbocycles. The number of rotatable bonds is 5. The van der Waals surface area contributed by atoms with Gasteiger partial charge in [-0.25, -0.2) is 0 Å². The first kappa shape index (κ1) is 14.0. The summed E-state index contributed by atoms with van der Waals surface area (Å²) in [5, 5.41) is 13.5. The molecule has 0 atom stereocenters. The first-order chi connectivity index (χ1) is 8.49. The van der Waals surface area contributed by atoms with Gasteiger partial charge in [-0.1, -0.05) is 13.8 Å². The fraction of sp³-hybridized carbons (Fsp3) is 0.417. The van der Waals surface area contributed by atoms with Crippen molar-refractivity contribution in [2.24, 2.45) is 0 Å². The number of carbonyl (C=O) groups excluding carboxylic acids is 1. The number of nitrogens with zero attached hydrogens (tertiary/aromatic N) is 1. The van der Waals surface area contributed by atoms with Gasteiger partial charge in [0.1, 0.15) is 5.69 Å². The zero-order chi connectivity index (χ0) is 13.7. The van der Waals surface area contributed by atoms with E-state index in [1.165, 1.54) is 18.2 Å².